The SMILES string of the molecule is COc1ccc(N=C(NN)c2ccccc2)cc1. The van der Waals surface area contributed by atoms with Crippen LogP contribution >= 0.6 is 0 Å². The van der Waals surface area contributed by atoms with Gasteiger partial charge in [-0.15, -0.1) is 0 Å². The standard InChI is InChI=1S/C14H15N3O/c1-18-13-9-7-12(8-10-13)16-14(17-15)11-5-3-2-4-6-11/h2-10H,15H2,1H3,(H,16,17). The summed E-state index contributed by atoms with van der Waals surface area (Å²) in [5.74, 6) is 6.93. The number of amidine groups is 1. The second kappa shape index (κ2) is 5.84. The molecule has 2 rings (SSSR count). The molecule has 2 aromatic carbocycles. The van der Waals surface area contributed by atoms with Crippen LogP contribution in [-0.4, -0.2) is 12.9 Å². The monoisotopic (exact) mass is 241 g/mol. The lowest BCUT2D eigenvalue weighted by molar-refractivity contribution is 0.415. The average Bonchev–Trinajstić information content (AvgIpc) is 2.46. The molecule has 0 aliphatic heterocycles. The molecule has 0 bridgehead atoms. The lowest BCUT2D eigenvalue weighted by atomic mass is 10.2. The normalized spacial score (nSPS) is 11.1. The molecule has 92 valence electrons. The molecule has 0 saturated carbocycles. The highest BCUT2D eigenvalue weighted by Gasteiger charge is 2.00. The molecule has 2 aromatic rings. The van der Waals surface area contributed by atoms with Gasteiger partial charge in [0.25, 0.3) is 0 Å². The molecule has 18 heavy (non-hydrogen) atoms. The summed E-state index contributed by atoms with van der Waals surface area (Å²) >= 11 is 0. The highest BCUT2D eigenvalue weighted by Crippen LogP contribution is 2.18. The van der Waals surface area contributed by atoms with E-state index >= 15 is 0 Å². The first kappa shape index (κ1) is 12.1. The van der Waals surface area contributed by atoms with Crippen LogP contribution in [0.15, 0.2) is 59.6 Å². The zero-order valence-corrected chi connectivity index (χ0v) is 10.1. The van der Waals surface area contributed by atoms with E-state index in [1.54, 1.807) is 7.11 Å². The van der Waals surface area contributed by atoms with Crippen molar-refractivity contribution >= 4 is 11.5 Å². The van der Waals surface area contributed by atoms with Gasteiger partial charge in [0.1, 0.15) is 11.6 Å². The number of rotatable bonds is 3. The van der Waals surface area contributed by atoms with Crippen LogP contribution in [0.1, 0.15) is 5.56 Å². The molecule has 4 heteroatoms. The van der Waals surface area contributed by atoms with Gasteiger partial charge >= 0.3 is 0 Å². The number of hydrazine groups is 1. The molecule has 0 heterocycles. The van der Waals surface area contributed by atoms with Crippen molar-refractivity contribution < 1.29 is 4.74 Å². The van der Waals surface area contributed by atoms with E-state index in [-0.39, 0.29) is 0 Å². The molecule has 0 spiro atoms. The molecule has 0 aromatic heterocycles. The van der Waals surface area contributed by atoms with Crippen molar-refractivity contribution in [3.05, 3.63) is 60.2 Å². The molecule has 0 aliphatic carbocycles. The van der Waals surface area contributed by atoms with Crippen LogP contribution in [0.5, 0.6) is 5.75 Å². The Balaban J connectivity index is 2.29. The van der Waals surface area contributed by atoms with Gasteiger partial charge in [0.15, 0.2) is 0 Å². The Kier molecular flexibility index (Phi) is 3.94. The van der Waals surface area contributed by atoms with Gasteiger partial charge in [0, 0.05) is 5.56 Å². The van der Waals surface area contributed by atoms with E-state index in [1.807, 2.05) is 54.6 Å². The highest BCUT2D eigenvalue weighted by atomic mass is 16.5. The minimum atomic E-state index is 0.626. The minimum absolute atomic E-state index is 0.626. The van der Waals surface area contributed by atoms with Crippen molar-refractivity contribution in [2.45, 2.75) is 0 Å². The number of hydrogen-bond acceptors (Lipinski definition) is 3. The second-order valence-corrected chi connectivity index (χ2v) is 3.67. The lowest BCUT2D eigenvalue weighted by Crippen LogP contribution is -2.30. The topological polar surface area (TPSA) is 59.6 Å². The van der Waals surface area contributed by atoms with Crippen molar-refractivity contribution in [1.82, 2.24) is 5.43 Å². The van der Waals surface area contributed by atoms with Gasteiger partial charge in [-0.1, -0.05) is 30.3 Å². The number of nitrogens with two attached hydrogens (primary N) is 1. The fourth-order valence-corrected chi connectivity index (χ4v) is 1.56. The molecule has 0 aliphatic rings. The lowest BCUT2D eigenvalue weighted by Gasteiger charge is -2.06. The van der Waals surface area contributed by atoms with Crippen LogP contribution in [0, 0.1) is 0 Å². The Morgan fingerprint density at radius 3 is 2.28 bits per heavy atom. The summed E-state index contributed by atoms with van der Waals surface area (Å²) in [6.45, 7) is 0. The number of benzene rings is 2. The van der Waals surface area contributed by atoms with Crippen molar-refractivity contribution in [2.24, 2.45) is 10.8 Å². The summed E-state index contributed by atoms with van der Waals surface area (Å²) in [6, 6.07) is 17.2. The average molecular weight is 241 g/mol. The fraction of sp³-hybridized carbons (Fsp3) is 0.0714. The van der Waals surface area contributed by atoms with E-state index in [0.717, 1.165) is 17.0 Å². The van der Waals surface area contributed by atoms with E-state index in [0.29, 0.717) is 5.84 Å². The zero-order chi connectivity index (χ0) is 12.8. The maximum absolute atomic E-state index is 5.50. The van der Waals surface area contributed by atoms with Crippen molar-refractivity contribution in [1.29, 1.82) is 0 Å². The Morgan fingerprint density at radius 2 is 1.72 bits per heavy atom. The highest BCUT2D eigenvalue weighted by molar-refractivity contribution is 5.99. The summed E-state index contributed by atoms with van der Waals surface area (Å²) in [5.41, 5.74) is 4.37. The summed E-state index contributed by atoms with van der Waals surface area (Å²) in [4.78, 5) is 4.45. The number of nitrogens with one attached hydrogen (secondary N) is 1. The third kappa shape index (κ3) is 2.87. The Hall–Kier alpha value is -2.33. The maximum Gasteiger partial charge on any atom is 0.147 e. The van der Waals surface area contributed by atoms with Crippen LogP contribution < -0.4 is 16.0 Å². The summed E-state index contributed by atoms with van der Waals surface area (Å²) in [7, 11) is 1.63. The number of ether oxygens (including phenoxy) is 1. The van der Waals surface area contributed by atoms with E-state index in [9.17, 15) is 0 Å². The quantitative estimate of drug-likeness (QED) is 0.375. The number of hydrogen-bond donors (Lipinski definition) is 2. The minimum Gasteiger partial charge on any atom is -0.497 e. The first-order chi connectivity index (χ1) is 8.83. The van der Waals surface area contributed by atoms with Crippen molar-refractivity contribution in [3.63, 3.8) is 0 Å². The molecule has 4 nitrogen and oxygen atoms in total. The fourth-order valence-electron chi connectivity index (χ4n) is 1.56. The van der Waals surface area contributed by atoms with E-state index in [4.69, 9.17) is 10.6 Å². The maximum atomic E-state index is 5.50. The predicted molar refractivity (Wildman–Crippen MR) is 73.0 cm³/mol. The molecular formula is C14H15N3O. The van der Waals surface area contributed by atoms with E-state index < -0.39 is 0 Å². The molecule has 0 fully saturated rings. The van der Waals surface area contributed by atoms with E-state index in [1.165, 1.54) is 0 Å². The summed E-state index contributed by atoms with van der Waals surface area (Å²) in [5, 5.41) is 0. The van der Waals surface area contributed by atoms with Crippen LogP contribution in [-0.2, 0) is 0 Å². The second-order valence-electron chi connectivity index (χ2n) is 3.67. The smallest absolute Gasteiger partial charge is 0.147 e. The largest absolute Gasteiger partial charge is 0.497 e. The Labute approximate surface area is 106 Å². The Morgan fingerprint density at radius 1 is 1.06 bits per heavy atom. The molecular weight excluding hydrogens is 226 g/mol. The van der Waals surface area contributed by atoms with Crippen molar-refractivity contribution in [3.8, 4) is 5.75 Å². The van der Waals surface area contributed by atoms with Gasteiger partial charge in [-0.25, -0.2) is 10.8 Å². The molecule has 3 N–H and O–H groups in total. The molecule has 0 unspecified atom stereocenters. The summed E-state index contributed by atoms with van der Waals surface area (Å²) < 4.78 is 5.10. The van der Waals surface area contributed by atoms with Crippen LogP contribution in [0.25, 0.3) is 0 Å². The predicted octanol–water partition coefficient (Wildman–Crippen LogP) is 2.24. The molecule has 0 amide bonds. The third-order valence-corrected chi connectivity index (χ3v) is 2.50. The van der Waals surface area contributed by atoms with Gasteiger partial charge in [0.05, 0.1) is 12.8 Å². The van der Waals surface area contributed by atoms with Gasteiger partial charge in [-0.3, -0.25) is 0 Å². The molecule has 0 saturated heterocycles. The molecule has 0 atom stereocenters. The van der Waals surface area contributed by atoms with Crippen LogP contribution in [0.3, 0.4) is 0 Å². The van der Waals surface area contributed by atoms with Gasteiger partial charge in [-0.2, -0.15) is 0 Å². The number of methoxy groups -OCH3 is 1. The van der Waals surface area contributed by atoms with Gasteiger partial charge in [0.2, 0.25) is 0 Å². The number of nitrogens with zero attached hydrogens (tertiary/aromatic N) is 1. The van der Waals surface area contributed by atoms with E-state index in [2.05, 4.69) is 10.4 Å². The van der Waals surface area contributed by atoms with Crippen LogP contribution in [0.4, 0.5) is 5.69 Å². The van der Waals surface area contributed by atoms with Crippen LogP contribution in [0.2, 0.25) is 0 Å². The zero-order valence-electron chi connectivity index (χ0n) is 10.1. The third-order valence-electron chi connectivity index (χ3n) is 2.50. The van der Waals surface area contributed by atoms with Crippen molar-refractivity contribution in [2.75, 3.05) is 7.11 Å². The molecule has 0 radical (unpaired) electrons. The van der Waals surface area contributed by atoms with Gasteiger partial charge in [-0.05, 0) is 24.3 Å². The summed E-state index contributed by atoms with van der Waals surface area (Å²) in [6.07, 6.45) is 0. The first-order valence-electron chi connectivity index (χ1n) is 5.58. The first-order valence-corrected chi connectivity index (χ1v) is 5.58. The Bertz CT molecular complexity index is 520. The number of aliphatic imine (C=N–C) groups is 1. The van der Waals surface area contributed by atoms with Gasteiger partial charge < -0.3 is 10.2 Å².